The molecule has 0 spiro atoms. The van der Waals surface area contributed by atoms with E-state index in [0.29, 0.717) is 0 Å². The Hall–Kier alpha value is -2.85. The van der Waals surface area contributed by atoms with Crippen molar-refractivity contribution in [2.24, 2.45) is 0 Å². The Balaban J connectivity index is 0.00000168. The Morgan fingerprint density at radius 3 is 2.42 bits per heavy atom. The second-order valence-electron chi connectivity index (χ2n) is 6.21. The first-order chi connectivity index (χ1) is 12.4. The highest BCUT2D eigenvalue weighted by atomic mass is 79.9. The molecule has 4 heteroatoms. The van der Waals surface area contributed by atoms with Gasteiger partial charge in [0, 0.05) is 27.9 Å². The van der Waals surface area contributed by atoms with Gasteiger partial charge in [0.25, 0.3) is 5.69 Å². The molecule has 3 heterocycles. The number of para-hydroxylation sites is 1. The van der Waals surface area contributed by atoms with E-state index in [1.165, 1.54) is 16.3 Å². The summed E-state index contributed by atoms with van der Waals surface area (Å²) in [7, 11) is 0. The average Bonchev–Trinajstić information content (AvgIpc) is 3.30. The molecule has 1 N–H and O–H groups in total. The molecule has 0 saturated heterocycles. The van der Waals surface area contributed by atoms with Crippen molar-refractivity contribution < 1.29 is 26.0 Å². The summed E-state index contributed by atoms with van der Waals surface area (Å²) in [6, 6.07) is 25.0. The number of H-pyrrole nitrogens is 1. The van der Waals surface area contributed by atoms with Gasteiger partial charge in [-0.05, 0) is 18.2 Å². The van der Waals surface area contributed by atoms with Crippen LogP contribution in [0.25, 0.3) is 33.3 Å². The van der Waals surface area contributed by atoms with E-state index < -0.39 is 0 Å². The number of aromatic amines is 1. The quantitative estimate of drug-likeness (QED) is 0.458. The number of aromatic nitrogens is 2. The molecule has 0 unspecified atom stereocenters. The third kappa shape index (κ3) is 2.72. The fourth-order valence-electron chi connectivity index (χ4n) is 3.50. The third-order valence-corrected chi connectivity index (χ3v) is 4.64. The number of benzene rings is 2. The predicted molar refractivity (Wildman–Crippen MR) is 99.2 cm³/mol. The lowest BCUT2D eigenvalue weighted by Crippen LogP contribution is -3.00. The van der Waals surface area contributed by atoms with Crippen molar-refractivity contribution in [3.8, 4) is 11.5 Å². The summed E-state index contributed by atoms with van der Waals surface area (Å²) in [5, 5.41) is 2.45. The Kier molecular flexibility index (Phi) is 4.35. The monoisotopic (exact) mass is 404 g/mol. The van der Waals surface area contributed by atoms with Crippen LogP contribution in [0.2, 0.25) is 0 Å². The van der Waals surface area contributed by atoms with E-state index in [4.69, 9.17) is 4.42 Å². The molecule has 0 aliphatic carbocycles. The molecular weight excluding hydrogens is 388 g/mol. The zero-order valence-electron chi connectivity index (χ0n) is 14.0. The molecule has 26 heavy (non-hydrogen) atoms. The van der Waals surface area contributed by atoms with Gasteiger partial charge < -0.3 is 26.4 Å². The van der Waals surface area contributed by atoms with E-state index in [-0.39, 0.29) is 17.0 Å². The van der Waals surface area contributed by atoms with Crippen LogP contribution in [0.4, 0.5) is 0 Å². The van der Waals surface area contributed by atoms with E-state index in [0.717, 1.165) is 29.0 Å². The molecule has 0 radical (unpaired) electrons. The summed E-state index contributed by atoms with van der Waals surface area (Å²) in [5.41, 5.74) is 4.58. The number of halogens is 1. The number of hydrogen-bond acceptors (Lipinski definition) is 1. The lowest BCUT2D eigenvalue weighted by atomic mass is 10.1. The lowest BCUT2D eigenvalue weighted by Gasteiger charge is -2.04. The molecule has 0 fully saturated rings. The number of rotatable bonds is 3. The van der Waals surface area contributed by atoms with Gasteiger partial charge in [0.2, 0.25) is 0 Å². The zero-order valence-corrected chi connectivity index (χ0v) is 15.6. The molecule has 0 aliphatic heterocycles. The molecule has 0 amide bonds. The van der Waals surface area contributed by atoms with E-state index in [1.807, 2.05) is 18.2 Å². The molecule has 5 aromatic rings. The maximum Gasteiger partial charge on any atom is 0.272 e. The average molecular weight is 405 g/mol. The first kappa shape index (κ1) is 16.6. The highest BCUT2D eigenvalue weighted by Gasteiger charge is 2.22. The SMILES string of the molecule is [Br-].c1ccc(C[n+]2ccc3c([nH]c4ccccc43)c2-c2ccco2)cc1. The number of pyridine rings is 1. The third-order valence-electron chi connectivity index (χ3n) is 4.64. The van der Waals surface area contributed by atoms with Crippen LogP contribution < -0.4 is 21.5 Å². The van der Waals surface area contributed by atoms with Gasteiger partial charge in [-0.15, -0.1) is 0 Å². The van der Waals surface area contributed by atoms with E-state index in [2.05, 4.69) is 70.3 Å². The molecule has 128 valence electrons. The molecule has 0 aliphatic rings. The minimum atomic E-state index is 0. The van der Waals surface area contributed by atoms with Crippen molar-refractivity contribution in [3.05, 3.63) is 90.8 Å². The van der Waals surface area contributed by atoms with E-state index in [1.54, 1.807) is 6.26 Å². The first-order valence-electron chi connectivity index (χ1n) is 8.41. The second kappa shape index (κ2) is 6.81. The molecular formula is C22H17BrN2O. The van der Waals surface area contributed by atoms with Gasteiger partial charge in [-0.25, -0.2) is 0 Å². The number of hydrogen-bond donors (Lipinski definition) is 1. The normalized spacial score (nSPS) is 10.9. The highest BCUT2D eigenvalue weighted by molar-refractivity contribution is 6.09. The molecule has 3 nitrogen and oxygen atoms in total. The maximum atomic E-state index is 5.76. The molecule has 5 rings (SSSR count). The van der Waals surface area contributed by atoms with Crippen LogP contribution in [-0.2, 0) is 6.54 Å². The number of fused-ring (bicyclic) bond motifs is 3. The summed E-state index contributed by atoms with van der Waals surface area (Å²) in [5.74, 6) is 0.869. The van der Waals surface area contributed by atoms with Crippen molar-refractivity contribution in [2.75, 3.05) is 0 Å². The van der Waals surface area contributed by atoms with Crippen LogP contribution in [0.15, 0.2) is 89.7 Å². The minimum Gasteiger partial charge on any atom is -1.00 e. The largest absolute Gasteiger partial charge is 1.00 e. The Labute approximate surface area is 161 Å². The van der Waals surface area contributed by atoms with E-state index in [9.17, 15) is 0 Å². The molecule has 0 bridgehead atoms. The Morgan fingerprint density at radius 2 is 1.62 bits per heavy atom. The smallest absolute Gasteiger partial charge is 0.272 e. The second-order valence-corrected chi connectivity index (χ2v) is 6.21. The van der Waals surface area contributed by atoms with Gasteiger partial charge in [0.05, 0.1) is 6.26 Å². The first-order valence-corrected chi connectivity index (χ1v) is 8.41. The fraction of sp³-hybridized carbons (Fsp3) is 0.0455. The van der Waals surface area contributed by atoms with Gasteiger partial charge in [-0.3, -0.25) is 0 Å². The maximum absolute atomic E-state index is 5.76. The van der Waals surface area contributed by atoms with Gasteiger partial charge in [0.1, 0.15) is 5.52 Å². The van der Waals surface area contributed by atoms with Crippen LogP contribution in [0, 0.1) is 0 Å². The summed E-state index contributed by atoms with van der Waals surface area (Å²) < 4.78 is 8.00. The highest BCUT2D eigenvalue weighted by Crippen LogP contribution is 2.31. The number of nitrogens with one attached hydrogen (secondary N) is 1. The van der Waals surface area contributed by atoms with Crippen molar-refractivity contribution >= 4 is 21.8 Å². The van der Waals surface area contributed by atoms with Crippen molar-refractivity contribution in [1.29, 1.82) is 0 Å². The predicted octanol–water partition coefficient (Wildman–Crippen LogP) is 1.92. The van der Waals surface area contributed by atoms with Gasteiger partial charge >= 0.3 is 0 Å². The summed E-state index contributed by atoms with van der Waals surface area (Å²) >= 11 is 0. The zero-order chi connectivity index (χ0) is 16.6. The Morgan fingerprint density at radius 1 is 0.808 bits per heavy atom. The van der Waals surface area contributed by atoms with Crippen LogP contribution in [0.3, 0.4) is 0 Å². The van der Waals surface area contributed by atoms with Crippen LogP contribution in [-0.4, -0.2) is 4.98 Å². The molecule has 3 aromatic heterocycles. The van der Waals surface area contributed by atoms with Gasteiger partial charge in [0.15, 0.2) is 18.5 Å². The Bertz CT molecular complexity index is 1160. The topological polar surface area (TPSA) is 32.8 Å². The number of nitrogens with zero attached hydrogens (tertiary/aromatic N) is 1. The fourth-order valence-corrected chi connectivity index (χ4v) is 3.50. The number of furan rings is 1. The standard InChI is InChI=1S/C22H16N2O.BrH/c1-2-7-16(8-3-1)15-24-13-12-18-17-9-4-5-10-19(17)23-21(18)22(24)20-11-6-14-25-20;/h1-14H,15H2;1H. The molecule has 2 aromatic carbocycles. The minimum absolute atomic E-state index is 0. The van der Waals surface area contributed by atoms with Crippen LogP contribution in [0.5, 0.6) is 0 Å². The van der Waals surface area contributed by atoms with Crippen LogP contribution in [0.1, 0.15) is 5.56 Å². The van der Waals surface area contributed by atoms with Gasteiger partial charge in [-0.1, -0.05) is 48.5 Å². The van der Waals surface area contributed by atoms with Crippen molar-refractivity contribution in [3.63, 3.8) is 0 Å². The van der Waals surface area contributed by atoms with E-state index >= 15 is 0 Å². The lowest BCUT2D eigenvalue weighted by molar-refractivity contribution is -0.676. The summed E-state index contributed by atoms with van der Waals surface area (Å²) in [6.07, 6.45) is 3.87. The molecule has 0 saturated carbocycles. The molecule has 0 atom stereocenters. The summed E-state index contributed by atoms with van der Waals surface area (Å²) in [6.45, 7) is 0.794. The van der Waals surface area contributed by atoms with Gasteiger partial charge in [-0.2, -0.15) is 4.57 Å². The van der Waals surface area contributed by atoms with Crippen LogP contribution >= 0.6 is 0 Å². The van der Waals surface area contributed by atoms with Crippen molar-refractivity contribution in [1.82, 2.24) is 4.98 Å². The summed E-state index contributed by atoms with van der Waals surface area (Å²) in [4.78, 5) is 3.58. The van der Waals surface area contributed by atoms with Crippen molar-refractivity contribution in [2.45, 2.75) is 6.54 Å².